The van der Waals surface area contributed by atoms with Crippen LogP contribution in [-0.2, 0) is 0 Å². The highest BCUT2D eigenvalue weighted by atomic mass is 14.4. The largest absolute Gasteiger partial charge is 0.0625 e. The van der Waals surface area contributed by atoms with E-state index in [1.165, 1.54) is 60.1 Å². The van der Waals surface area contributed by atoms with Gasteiger partial charge in [-0.05, 0) is 129 Å². The van der Waals surface area contributed by atoms with E-state index in [0.717, 1.165) is 29.6 Å². The zero-order chi connectivity index (χ0) is 26.6. The molecule has 0 radical (unpaired) electrons. The summed E-state index contributed by atoms with van der Waals surface area (Å²) in [6, 6.07) is 23.6. The van der Waals surface area contributed by atoms with E-state index in [-0.39, 0.29) is 0 Å². The molecule has 4 aromatic rings. The summed E-state index contributed by atoms with van der Waals surface area (Å²) in [5, 5.41) is 8.82. The molecule has 2 saturated carbocycles. The standard InChI is InChI=1S/C38H48/c1-23(2)29-17-15-25(5)19-34(29)37-32-14-10-9-13-31(32)33-21-27-11-7-8-12-28(27)22-36(33)38(37)35-20-26(6)16-18-30(35)24(3)4/h7-14,21-26,29-30,34-35H,15-20H2,1-6H3. The van der Waals surface area contributed by atoms with Gasteiger partial charge < -0.3 is 0 Å². The van der Waals surface area contributed by atoms with E-state index in [9.17, 15) is 0 Å². The Bertz CT molecular complexity index is 1440. The first-order valence-corrected chi connectivity index (χ1v) is 15.7. The number of hydrogen-bond acceptors (Lipinski definition) is 0. The van der Waals surface area contributed by atoms with E-state index in [0.29, 0.717) is 17.8 Å². The van der Waals surface area contributed by atoms with Gasteiger partial charge in [0, 0.05) is 0 Å². The second kappa shape index (κ2) is 10.3. The first-order chi connectivity index (χ1) is 18.3. The van der Waals surface area contributed by atoms with Gasteiger partial charge >= 0.3 is 0 Å². The molecule has 0 nitrogen and oxygen atoms in total. The zero-order valence-electron chi connectivity index (χ0n) is 24.6. The molecular weight excluding hydrogens is 456 g/mol. The quantitative estimate of drug-likeness (QED) is 0.191. The van der Waals surface area contributed by atoms with Crippen LogP contribution in [0.2, 0.25) is 0 Å². The number of fused-ring (bicyclic) bond motifs is 4. The molecule has 0 heterocycles. The predicted octanol–water partition coefficient (Wildman–Crippen LogP) is 11.5. The summed E-state index contributed by atoms with van der Waals surface area (Å²) in [7, 11) is 0. The second-order valence-electron chi connectivity index (χ2n) is 14.0. The fourth-order valence-electron chi connectivity index (χ4n) is 8.80. The average Bonchev–Trinajstić information content (AvgIpc) is 2.90. The van der Waals surface area contributed by atoms with Gasteiger partial charge in [0.15, 0.2) is 0 Å². The maximum Gasteiger partial charge on any atom is -0.00959 e. The van der Waals surface area contributed by atoms with Gasteiger partial charge in [-0.15, -0.1) is 0 Å². The highest BCUT2D eigenvalue weighted by molar-refractivity contribution is 6.15. The minimum atomic E-state index is 0.645. The zero-order valence-corrected chi connectivity index (χ0v) is 24.6. The van der Waals surface area contributed by atoms with Gasteiger partial charge in [0.2, 0.25) is 0 Å². The molecule has 6 unspecified atom stereocenters. The molecule has 0 saturated heterocycles. The molecular formula is C38H48. The van der Waals surface area contributed by atoms with Crippen molar-refractivity contribution in [3.63, 3.8) is 0 Å². The summed E-state index contributed by atoms with van der Waals surface area (Å²) in [6.45, 7) is 15.0. The Kier molecular flexibility index (Phi) is 7.04. The molecule has 38 heavy (non-hydrogen) atoms. The Labute approximate surface area is 231 Å². The minimum Gasteiger partial charge on any atom is -0.0625 e. The van der Waals surface area contributed by atoms with Crippen LogP contribution in [0, 0.1) is 35.5 Å². The molecule has 0 heteroatoms. The predicted molar refractivity (Wildman–Crippen MR) is 167 cm³/mol. The van der Waals surface area contributed by atoms with Gasteiger partial charge in [-0.25, -0.2) is 0 Å². The van der Waals surface area contributed by atoms with Crippen LogP contribution in [0.3, 0.4) is 0 Å². The van der Waals surface area contributed by atoms with Crippen molar-refractivity contribution < 1.29 is 0 Å². The fourth-order valence-corrected chi connectivity index (χ4v) is 8.80. The highest BCUT2D eigenvalue weighted by Crippen LogP contribution is 2.54. The summed E-state index contributed by atoms with van der Waals surface area (Å²) in [6.07, 6.45) is 8.21. The van der Waals surface area contributed by atoms with Crippen molar-refractivity contribution in [3.05, 3.63) is 71.8 Å². The van der Waals surface area contributed by atoms with Crippen molar-refractivity contribution in [2.75, 3.05) is 0 Å². The molecule has 6 atom stereocenters. The van der Waals surface area contributed by atoms with Crippen LogP contribution in [-0.4, -0.2) is 0 Å². The highest BCUT2D eigenvalue weighted by Gasteiger charge is 2.39. The Morgan fingerprint density at radius 3 is 1.50 bits per heavy atom. The van der Waals surface area contributed by atoms with Crippen molar-refractivity contribution in [1.82, 2.24) is 0 Å². The molecule has 0 aliphatic heterocycles. The minimum absolute atomic E-state index is 0.645. The fraction of sp³-hybridized carbons (Fsp3) is 0.526. The normalized spacial score (nSPS) is 28.6. The summed E-state index contributed by atoms with van der Waals surface area (Å²) >= 11 is 0. The Hall–Kier alpha value is -2.34. The van der Waals surface area contributed by atoms with Crippen LogP contribution < -0.4 is 0 Å². The van der Waals surface area contributed by atoms with E-state index in [4.69, 9.17) is 0 Å². The van der Waals surface area contributed by atoms with Gasteiger partial charge in [0.1, 0.15) is 0 Å². The van der Waals surface area contributed by atoms with Crippen LogP contribution >= 0.6 is 0 Å². The molecule has 0 aromatic heterocycles. The molecule has 2 fully saturated rings. The van der Waals surface area contributed by atoms with Crippen molar-refractivity contribution in [2.24, 2.45) is 35.5 Å². The van der Waals surface area contributed by atoms with E-state index in [1.807, 2.05) is 0 Å². The molecule has 200 valence electrons. The van der Waals surface area contributed by atoms with Gasteiger partial charge in [-0.1, -0.05) is 103 Å². The maximum absolute atomic E-state index is 2.59. The lowest BCUT2D eigenvalue weighted by Crippen LogP contribution is -2.31. The molecule has 0 N–H and O–H groups in total. The molecule has 4 aromatic carbocycles. The van der Waals surface area contributed by atoms with Gasteiger partial charge in [0.25, 0.3) is 0 Å². The first-order valence-electron chi connectivity index (χ1n) is 15.7. The lowest BCUT2D eigenvalue weighted by atomic mass is 9.61. The molecule has 2 aliphatic carbocycles. The van der Waals surface area contributed by atoms with E-state index in [2.05, 4.69) is 102 Å². The summed E-state index contributed by atoms with van der Waals surface area (Å²) in [4.78, 5) is 0. The van der Waals surface area contributed by atoms with Gasteiger partial charge in [0.05, 0.1) is 0 Å². The number of rotatable bonds is 4. The van der Waals surface area contributed by atoms with Crippen LogP contribution in [0.5, 0.6) is 0 Å². The summed E-state index contributed by atoms with van der Waals surface area (Å²) < 4.78 is 0. The van der Waals surface area contributed by atoms with Crippen LogP contribution in [0.1, 0.15) is 103 Å². The smallest absolute Gasteiger partial charge is 0.00959 e. The van der Waals surface area contributed by atoms with Crippen molar-refractivity contribution in [1.29, 1.82) is 0 Å². The van der Waals surface area contributed by atoms with Crippen LogP contribution in [0.15, 0.2) is 60.7 Å². The Morgan fingerprint density at radius 2 is 0.974 bits per heavy atom. The molecule has 2 aliphatic rings. The molecule has 6 rings (SSSR count). The lowest BCUT2D eigenvalue weighted by molar-refractivity contribution is 0.184. The third kappa shape index (κ3) is 4.47. The van der Waals surface area contributed by atoms with Crippen LogP contribution in [0.25, 0.3) is 32.3 Å². The first kappa shape index (κ1) is 25.9. The second-order valence-corrected chi connectivity index (χ2v) is 14.0. The summed E-state index contributed by atoms with van der Waals surface area (Å²) in [5.41, 5.74) is 3.50. The third-order valence-corrected chi connectivity index (χ3v) is 10.8. The summed E-state index contributed by atoms with van der Waals surface area (Å²) in [5.74, 6) is 5.87. The number of benzene rings is 4. The van der Waals surface area contributed by atoms with E-state index in [1.54, 1.807) is 21.9 Å². The van der Waals surface area contributed by atoms with Crippen molar-refractivity contribution >= 4 is 32.3 Å². The number of hydrogen-bond donors (Lipinski definition) is 0. The Morgan fingerprint density at radius 1 is 0.526 bits per heavy atom. The van der Waals surface area contributed by atoms with Gasteiger partial charge in [-0.3, -0.25) is 0 Å². The lowest BCUT2D eigenvalue weighted by Gasteiger charge is -2.44. The van der Waals surface area contributed by atoms with Crippen molar-refractivity contribution in [2.45, 2.75) is 91.9 Å². The van der Waals surface area contributed by atoms with Crippen LogP contribution in [0.4, 0.5) is 0 Å². The Balaban J connectivity index is 1.75. The van der Waals surface area contributed by atoms with E-state index < -0.39 is 0 Å². The van der Waals surface area contributed by atoms with E-state index >= 15 is 0 Å². The maximum atomic E-state index is 2.59. The molecule has 0 bridgehead atoms. The van der Waals surface area contributed by atoms with Crippen molar-refractivity contribution in [3.8, 4) is 0 Å². The molecule has 0 spiro atoms. The van der Waals surface area contributed by atoms with Gasteiger partial charge in [-0.2, -0.15) is 0 Å². The molecule has 0 amide bonds. The monoisotopic (exact) mass is 504 g/mol. The average molecular weight is 505 g/mol. The topological polar surface area (TPSA) is 0 Å². The SMILES string of the molecule is CC1CCC(C(C)C)C(c2c(C3CC(C)CCC3C(C)C)c3cc4ccccc4cc3c3ccccc23)C1. The third-order valence-electron chi connectivity index (χ3n) is 10.8.